The van der Waals surface area contributed by atoms with E-state index in [-0.39, 0.29) is 19.0 Å². The fourth-order valence-corrected chi connectivity index (χ4v) is 1.62. The standard InChI is InChI=1S/C13H17FN4O3/c1-15-13(21)17-12(20)8-18(2)7-11(19)16-10-5-3-4-9(14)6-10/h3-6H,7-8H2,1-2H3,(H,16,19)(H2,15,17,20,21)/p+1. The molecule has 1 rings (SSSR count). The van der Waals surface area contributed by atoms with Gasteiger partial charge in [0, 0.05) is 12.7 Å². The Morgan fingerprint density at radius 3 is 2.48 bits per heavy atom. The van der Waals surface area contributed by atoms with Crippen LogP contribution in [-0.2, 0) is 9.59 Å². The average Bonchev–Trinajstić information content (AvgIpc) is 2.37. The third-order valence-electron chi connectivity index (χ3n) is 2.51. The Bertz CT molecular complexity index is 536. The lowest BCUT2D eigenvalue weighted by atomic mass is 10.3. The molecule has 0 fully saturated rings. The molecule has 4 N–H and O–H groups in total. The first-order valence-electron chi connectivity index (χ1n) is 6.29. The molecule has 0 bridgehead atoms. The fraction of sp³-hybridized carbons (Fsp3) is 0.308. The van der Waals surface area contributed by atoms with Crippen molar-refractivity contribution >= 4 is 23.5 Å². The van der Waals surface area contributed by atoms with Gasteiger partial charge in [0.15, 0.2) is 13.1 Å². The van der Waals surface area contributed by atoms with Crippen LogP contribution in [0.2, 0.25) is 0 Å². The molecule has 0 radical (unpaired) electrons. The number of imide groups is 1. The van der Waals surface area contributed by atoms with E-state index in [4.69, 9.17) is 0 Å². The molecular weight excluding hydrogens is 279 g/mol. The molecule has 1 atom stereocenters. The third-order valence-corrected chi connectivity index (χ3v) is 2.51. The first-order chi connectivity index (χ1) is 9.90. The number of benzene rings is 1. The van der Waals surface area contributed by atoms with Crippen molar-refractivity contribution in [3.05, 3.63) is 30.1 Å². The second kappa shape index (κ2) is 7.95. The number of anilines is 1. The van der Waals surface area contributed by atoms with Gasteiger partial charge in [-0.1, -0.05) is 6.07 Å². The van der Waals surface area contributed by atoms with Gasteiger partial charge in [0.25, 0.3) is 11.8 Å². The summed E-state index contributed by atoms with van der Waals surface area (Å²) in [6, 6.07) is 4.92. The van der Waals surface area contributed by atoms with Gasteiger partial charge in [-0.25, -0.2) is 9.18 Å². The van der Waals surface area contributed by atoms with Crippen LogP contribution in [0.4, 0.5) is 14.9 Å². The summed E-state index contributed by atoms with van der Waals surface area (Å²) in [4.78, 5) is 34.7. The summed E-state index contributed by atoms with van der Waals surface area (Å²) in [6.45, 7) is -0.0261. The molecule has 1 aromatic carbocycles. The van der Waals surface area contributed by atoms with E-state index in [1.807, 2.05) is 0 Å². The molecule has 0 aliphatic heterocycles. The Kier molecular flexibility index (Phi) is 6.28. The maximum absolute atomic E-state index is 13.0. The van der Waals surface area contributed by atoms with Crippen molar-refractivity contribution in [1.29, 1.82) is 0 Å². The number of amides is 4. The summed E-state index contributed by atoms with van der Waals surface area (Å²) >= 11 is 0. The predicted octanol–water partition coefficient (Wildman–Crippen LogP) is -1.27. The van der Waals surface area contributed by atoms with Gasteiger partial charge < -0.3 is 15.5 Å². The molecule has 0 heterocycles. The molecule has 114 valence electrons. The molecule has 0 aliphatic carbocycles. The second-order valence-corrected chi connectivity index (χ2v) is 4.50. The minimum atomic E-state index is -0.600. The van der Waals surface area contributed by atoms with Crippen molar-refractivity contribution in [2.75, 3.05) is 32.5 Å². The topological polar surface area (TPSA) is 91.7 Å². The number of hydrogen-bond acceptors (Lipinski definition) is 3. The largest absolute Gasteiger partial charge is 0.341 e. The molecule has 4 amide bonds. The van der Waals surface area contributed by atoms with E-state index in [1.54, 1.807) is 13.1 Å². The van der Waals surface area contributed by atoms with E-state index >= 15 is 0 Å². The van der Waals surface area contributed by atoms with E-state index in [9.17, 15) is 18.8 Å². The predicted molar refractivity (Wildman–Crippen MR) is 74.2 cm³/mol. The van der Waals surface area contributed by atoms with Crippen molar-refractivity contribution in [1.82, 2.24) is 10.6 Å². The number of quaternary nitrogens is 1. The van der Waals surface area contributed by atoms with Crippen molar-refractivity contribution in [3.63, 3.8) is 0 Å². The summed E-state index contributed by atoms with van der Waals surface area (Å²) < 4.78 is 13.0. The van der Waals surface area contributed by atoms with Gasteiger partial charge in [-0.3, -0.25) is 14.9 Å². The lowest BCUT2D eigenvalue weighted by Gasteiger charge is -2.13. The SMILES string of the molecule is CNC(=O)NC(=O)C[NH+](C)CC(=O)Nc1cccc(F)c1. The van der Waals surface area contributed by atoms with E-state index in [0.717, 1.165) is 0 Å². The minimum Gasteiger partial charge on any atom is -0.341 e. The quantitative estimate of drug-likeness (QED) is 0.546. The van der Waals surface area contributed by atoms with Crippen LogP contribution >= 0.6 is 0 Å². The van der Waals surface area contributed by atoms with Crippen LogP contribution < -0.4 is 20.9 Å². The van der Waals surface area contributed by atoms with Gasteiger partial charge in [-0.05, 0) is 18.2 Å². The van der Waals surface area contributed by atoms with Gasteiger partial charge in [0.05, 0.1) is 7.05 Å². The normalized spacial score (nSPS) is 11.4. The molecule has 0 saturated heterocycles. The van der Waals surface area contributed by atoms with Gasteiger partial charge >= 0.3 is 6.03 Å². The number of nitrogens with one attached hydrogen (secondary N) is 4. The highest BCUT2D eigenvalue weighted by molar-refractivity contribution is 5.95. The summed E-state index contributed by atoms with van der Waals surface area (Å²) in [6.07, 6.45) is 0. The molecule has 0 aromatic heterocycles. The van der Waals surface area contributed by atoms with Gasteiger partial charge in [-0.15, -0.1) is 0 Å². The maximum Gasteiger partial charge on any atom is 0.321 e. The Labute approximate surface area is 121 Å². The molecule has 1 unspecified atom stereocenters. The van der Waals surface area contributed by atoms with Gasteiger partial charge in [-0.2, -0.15) is 0 Å². The fourth-order valence-electron chi connectivity index (χ4n) is 1.62. The van der Waals surface area contributed by atoms with Crippen LogP contribution in [0.15, 0.2) is 24.3 Å². The number of carbonyl (C=O) groups excluding carboxylic acids is 3. The Hall–Kier alpha value is -2.48. The summed E-state index contributed by atoms with van der Waals surface area (Å²) in [5, 5.41) is 6.88. The van der Waals surface area contributed by atoms with Crippen LogP contribution in [0.25, 0.3) is 0 Å². The number of halogens is 1. The van der Waals surface area contributed by atoms with Crippen LogP contribution in [0.3, 0.4) is 0 Å². The van der Waals surface area contributed by atoms with Crippen LogP contribution in [0, 0.1) is 5.82 Å². The van der Waals surface area contributed by atoms with Crippen molar-refractivity contribution in [2.24, 2.45) is 0 Å². The zero-order valence-corrected chi connectivity index (χ0v) is 11.8. The number of urea groups is 1. The minimum absolute atomic E-state index is 0.0116. The monoisotopic (exact) mass is 297 g/mol. The first kappa shape index (κ1) is 16.6. The van der Waals surface area contributed by atoms with E-state index in [1.165, 1.54) is 25.2 Å². The van der Waals surface area contributed by atoms with Gasteiger partial charge in [0.2, 0.25) is 0 Å². The maximum atomic E-state index is 13.0. The lowest BCUT2D eigenvalue weighted by Crippen LogP contribution is -3.11. The second-order valence-electron chi connectivity index (χ2n) is 4.50. The molecule has 21 heavy (non-hydrogen) atoms. The van der Waals surface area contributed by atoms with Crippen LogP contribution in [-0.4, -0.2) is 45.0 Å². The van der Waals surface area contributed by atoms with Gasteiger partial charge in [0.1, 0.15) is 5.82 Å². The van der Waals surface area contributed by atoms with E-state index < -0.39 is 17.8 Å². The highest BCUT2D eigenvalue weighted by Crippen LogP contribution is 2.08. The Morgan fingerprint density at radius 1 is 1.19 bits per heavy atom. The first-order valence-corrected chi connectivity index (χ1v) is 6.29. The molecule has 0 saturated carbocycles. The summed E-state index contributed by atoms with van der Waals surface area (Å²) in [5.74, 6) is -1.30. The zero-order valence-electron chi connectivity index (χ0n) is 11.8. The van der Waals surface area contributed by atoms with Crippen molar-refractivity contribution in [2.45, 2.75) is 0 Å². The summed E-state index contributed by atoms with van der Waals surface area (Å²) in [7, 11) is 3.03. The molecular formula is C13H18FN4O3+. The molecule has 8 heteroatoms. The molecule has 0 aliphatic rings. The molecule has 0 spiro atoms. The molecule has 1 aromatic rings. The van der Waals surface area contributed by atoms with Crippen LogP contribution in [0.5, 0.6) is 0 Å². The number of likely N-dealkylation sites (N-methyl/N-ethyl adjacent to an activating group) is 1. The van der Waals surface area contributed by atoms with Crippen LogP contribution in [0.1, 0.15) is 0 Å². The highest BCUT2D eigenvalue weighted by Gasteiger charge is 2.15. The summed E-state index contributed by atoms with van der Waals surface area (Å²) in [5.41, 5.74) is 0.350. The number of rotatable bonds is 5. The Morgan fingerprint density at radius 2 is 1.86 bits per heavy atom. The zero-order chi connectivity index (χ0) is 15.8. The van der Waals surface area contributed by atoms with E-state index in [2.05, 4.69) is 16.0 Å². The third kappa shape index (κ3) is 6.48. The lowest BCUT2D eigenvalue weighted by molar-refractivity contribution is -0.862. The van der Waals surface area contributed by atoms with Crippen molar-refractivity contribution in [3.8, 4) is 0 Å². The average molecular weight is 297 g/mol. The van der Waals surface area contributed by atoms with Crippen molar-refractivity contribution < 1.29 is 23.7 Å². The number of carbonyl (C=O) groups is 3. The Balaban J connectivity index is 2.40. The molecule has 7 nitrogen and oxygen atoms in total. The smallest absolute Gasteiger partial charge is 0.321 e. The van der Waals surface area contributed by atoms with E-state index in [0.29, 0.717) is 10.6 Å². The highest BCUT2D eigenvalue weighted by atomic mass is 19.1. The number of hydrogen-bond donors (Lipinski definition) is 4.